The van der Waals surface area contributed by atoms with Crippen LogP contribution in [-0.2, 0) is 9.53 Å². The van der Waals surface area contributed by atoms with Gasteiger partial charge in [-0.05, 0) is 37.6 Å². The number of nitrogens with one attached hydrogen (secondary N) is 3. The van der Waals surface area contributed by atoms with Crippen molar-refractivity contribution in [2.24, 2.45) is 4.99 Å². The zero-order valence-corrected chi connectivity index (χ0v) is 15.7. The van der Waals surface area contributed by atoms with Gasteiger partial charge in [-0.25, -0.2) is 4.39 Å². The predicted octanol–water partition coefficient (Wildman–Crippen LogP) is 1.97. The van der Waals surface area contributed by atoms with Gasteiger partial charge in [0.15, 0.2) is 5.96 Å². The Hall–Kier alpha value is -1.42. The molecule has 23 heavy (non-hydrogen) atoms. The van der Waals surface area contributed by atoms with E-state index in [0.717, 1.165) is 6.42 Å². The minimum absolute atomic E-state index is 0. The Kier molecular flexibility index (Phi) is 12.3. The number of nitrogens with zero attached hydrogens (tertiary/aromatic N) is 1. The number of benzene rings is 1. The second-order valence-electron chi connectivity index (χ2n) is 4.46. The highest BCUT2D eigenvalue weighted by Crippen LogP contribution is 2.07. The van der Waals surface area contributed by atoms with Crippen molar-refractivity contribution >= 4 is 41.5 Å². The summed E-state index contributed by atoms with van der Waals surface area (Å²) in [5.41, 5.74) is 0.549. The molecule has 0 bridgehead atoms. The van der Waals surface area contributed by atoms with Crippen LogP contribution in [0.15, 0.2) is 29.3 Å². The van der Waals surface area contributed by atoms with E-state index in [4.69, 9.17) is 4.74 Å². The molecule has 0 aliphatic carbocycles. The molecule has 0 unspecified atom stereocenters. The van der Waals surface area contributed by atoms with Gasteiger partial charge in [-0.1, -0.05) is 0 Å². The van der Waals surface area contributed by atoms with Gasteiger partial charge >= 0.3 is 0 Å². The molecule has 1 aromatic carbocycles. The van der Waals surface area contributed by atoms with Gasteiger partial charge in [-0.15, -0.1) is 24.0 Å². The number of aliphatic imine (C=N–C) groups is 1. The number of hydrogen-bond donors (Lipinski definition) is 3. The fourth-order valence-corrected chi connectivity index (χ4v) is 1.65. The summed E-state index contributed by atoms with van der Waals surface area (Å²) in [4.78, 5) is 15.8. The van der Waals surface area contributed by atoms with Crippen LogP contribution < -0.4 is 16.0 Å². The molecule has 0 aliphatic heterocycles. The normalized spacial score (nSPS) is 10.7. The van der Waals surface area contributed by atoms with Crippen molar-refractivity contribution in [2.75, 3.05) is 38.7 Å². The van der Waals surface area contributed by atoms with Crippen LogP contribution in [-0.4, -0.2) is 45.2 Å². The van der Waals surface area contributed by atoms with Gasteiger partial charge in [0.05, 0.1) is 6.54 Å². The number of rotatable bonds is 8. The third-order valence-corrected chi connectivity index (χ3v) is 2.73. The van der Waals surface area contributed by atoms with Gasteiger partial charge in [-0.3, -0.25) is 9.79 Å². The lowest BCUT2D eigenvalue weighted by Gasteiger charge is -2.12. The van der Waals surface area contributed by atoms with Crippen molar-refractivity contribution in [1.82, 2.24) is 10.6 Å². The fraction of sp³-hybridized carbons (Fsp3) is 0.467. The number of anilines is 1. The molecule has 0 atom stereocenters. The number of ether oxygens (including phenoxy) is 1. The maximum absolute atomic E-state index is 12.8. The van der Waals surface area contributed by atoms with Crippen LogP contribution in [0, 0.1) is 5.82 Å². The zero-order chi connectivity index (χ0) is 16.2. The van der Waals surface area contributed by atoms with Gasteiger partial charge < -0.3 is 20.7 Å². The summed E-state index contributed by atoms with van der Waals surface area (Å²) in [6.07, 6.45) is 0.857. The van der Waals surface area contributed by atoms with E-state index >= 15 is 0 Å². The summed E-state index contributed by atoms with van der Waals surface area (Å²) in [6, 6.07) is 5.60. The number of hydrogen-bond acceptors (Lipinski definition) is 3. The minimum atomic E-state index is -0.340. The first-order valence-electron chi connectivity index (χ1n) is 7.23. The van der Waals surface area contributed by atoms with Gasteiger partial charge in [0.25, 0.3) is 0 Å². The lowest BCUT2D eigenvalue weighted by atomic mass is 10.3. The van der Waals surface area contributed by atoms with Crippen molar-refractivity contribution in [2.45, 2.75) is 13.3 Å². The molecule has 0 aliphatic rings. The third-order valence-electron chi connectivity index (χ3n) is 2.73. The van der Waals surface area contributed by atoms with Crippen LogP contribution in [0.4, 0.5) is 10.1 Å². The molecule has 1 rings (SSSR count). The maximum Gasteiger partial charge on any atom is 0.243 e. The SMILES string of the molecule is CCOCCCNC(=NC)NCC(=O)Nc1ccc(F)cc1.I. The fourth-order valence-electron chi connectivity index (χ4n) is 1.65. The van der Waals surface area contributed by atoms with Crippen LogP contribution in [0.5, 0.6) is 0 Å². The molecule has 0 heterocycles. The third kappa shape index (κ3) is 10.1. The maximum atomic E-state index is 12.8. The second-order valence-corrected chi connectivity index (χ2v) is 4.46. The van der Waals surface area contributed by atoms with Crippen molar-refractivity contribution < 1.29 is 13.9 Å². The van der Waals surface area contributed by atoms with Crippen LogP contribution in [0.3, 0.4) is 0 Å². The van der Waals surface area contributed by atoms with E-state index < -0.39 is 0 Å². The van der Waals surface area contributed by atoms with Crippen LogP contribution in [0.1, 0.15) is 13.3 Å². The van der Waals surface area contributed by atoms with E-state index in [2.05, 4.69) is 20.9 Å². The molecule has 1 aromatic rings. The number of halogens is 2. The zero-order valence-electron chi connectivity index (χ0n) is 13.4. The monoisotopic (exact) mass is 438 g/mol. The Bertz CT molecular complexity index is 483. The molecule has 0 aromatic heterocycles. The lowest BCUT2D eigenvalue weighted by molar-refractivity contribution is -0.115. The smallest absolute Gasteiger partial charge is 0.243 e. The van der Waals surface area contributed by atoms with Crippen molar-refractivity contribution in [3.8, 4) is 0 Å². The van der Waals surface area contributed by atoms with Crippen molar-refractivity contribution in [1.29, 1.82) is 0 Å². The van der Waals surface area contributed by atoms with E-state index in [1.54, 1.807) is 7.05 Å². The molecule has 0 fully saturated rings. The van der Waals surface area contributed by atoms with Crippen LogP contribution in [0.25, 0.3) is 0 Å². The van der Waals surface area contributed by atoms with Gasteiger partial charge in [0.2, 0.25) is 5.91 Å². The first-order chi connectivity index (χ1) is 10.7. The highest BCUT2D eigenvalue weighted by atomic mass is 127. The molecular weight excluding hydrogens is 414 g/mol. The number of carbonyl (C=O) groups is 1. The van der Waals surface area contributed by atoms with E-state index in [1.807, 2.05) is 6.92 Å². The summed E-state index contributed by atoms with van der Waals surface area (Å²) in [5, 5.41) is 8.65. The molecule has 130 valence electrons. The second kappa shape index (κ2) is 13.1. The Morgan fingerprint density at radius 2 is 1.96 bits per heavy atom. The summed E-state index contributed by atoms with van der Waals surface area (Å²) >= 11 is 0. The molecule has 8 heteroatoms. The van der Waals surface area contributed by atoms with Crippen molar-refractivity contribution in [3.05, 3.63) is 30.1 Å². The van der Waals surface area contributed by atoms with Gasteiger partial charge in [0.1, 0.15) is 5.82 Å². The summed E-state index contributed by atoms with van der Waals surface area (Å²) in [6.45, 7) is 4.12. The Balaban J connectivity index is 0.00000484. The largest absolute Gasteiger partial charge is 0.382 e. The first kappa shape index (κ1) is 21.6. The quantitative estimate of drug-likeness (QED) is 0.251. The van der Waals surface area contributed by atoms with E-state index in [9.17, 15) is 9.18 Å². The topological polar surface area (TPSA) is 74.8 Å². The Morgan fingerprint density at radius 3 is 2.57 bits per heavy atom. The van der Waals surface area contributed by atoms with E-state index in [1.165, 1.54) is 24.3 Å². The molecule has 0 saturated heterocycles. The molecule has 1 amide bonds. The number of carbonyl (C=O) groups excluding carboxylic acids is 1. The molecule has 3 N–H and O–H groups in total. The highest BCUT2D eigenvalue weighted by molar-refractivity contribution is 14.0. The standard InChI is InChI=1S/C15H23FN4O2.HI/c1-3-22-10-4-9-18-15(17-2)19-11-14(21)20-13-7-5-12(16)6-8-13;/h5-8H,3-4,9-11H2,1-2H3,(H,20,21)(H2,17,18,19);1H. The van der Waals surface area contributed by atoms with E-state index in [-0.39, 0.29) is 42.2 Å². The first-order valence-corrected chi connectivity index (χ1v) is 7.23. The molecular formula is C15H24FIN4O2. The number of guanidine groups is 1. The average Bonchev–Trinajstić information content (AvgIpc) is 2.52. The molecule has 0 radical (unpaired) electrons. The summed E-state index contributed by atoms with van der Waals surface area (Å²) in [5.74, 6) is -0.0255. The Labute approximate surface area is 153 Å². The van der Waals surface area contributed by atoms with Crippen molar-refractivity contribution in [3.63, 3.8) is 0 Å². The minimum Gasteiger partial charge on any atom is -0.382 e. The predicted molar refractivity (Wildman–Crippen MR) is 101 cm³/mol. The summed E-state index contributed by atoms with van der Waals surface area (Å²) in [7, 11) is 1.63. The average molecular weight is 438 g/mol. The van der Waals surface area contributed by atoms with E-state index in [0.29, 0.717) is 31.4 Å². The van der Waals surface area contributed by atoms with Gasteiger partial charge in [-0.2, -0.15) is 0 Å². The number of amides is 1. The lowest BCUT2D eigenvalue weighted by Crippen LogP contribution is -2.41. The van der Waals surface area contributed by atoms with Gasteiger partial charge in [0, 0.05) is 32.5 Å². The highest BCUT2D eigenvalue weighted by Gasteiger charge is 2.04. The summed E-state index contributed by atoms with van der Waals surface area (Å²) < 4.78 is 18.0. The Morgan fingerprint density at radius 1 is 1.26 bits per heavy atom. The molecule has 0 spiro atoms. The molecule has 6 nitrogen and oxygen atoms in total. The van der Waals surface area contributed by atoms with Crippen LogP contribution in [0.2, 0.25) is 0 Å². The molecule has 0 saturated carbocycles. The van der Waals surface area contributed by atoms with Crippen LogP contribution >= 0.6 is 24.0 Å².